The highest BCUT2D eigenvalue weighted by Gasteiger charge is 2.44. The molecule has 1 unspecified atom stereocenters. The Labute approximate surface area is 446 Å². The molecule has 5 N–H and O–H groups in total. The van der Waals surface area contributed by atoms with Gasteiger partial charge in [0.2, 0.25) is 29.6 Å². The Morgan fingerprint density at radius 3 is 2.29 bits per heavy atom. The lowest BCUT2D eigenvalue weighted by molar-refractivity contribution is -0.144. The number of likely N-dealkylation sites (tertiary alicyclic amines) is 1. The van der Waals surface area contributed by atoms with Crippen LogP contribution in [0.4, 0.5) is 17.5 Å². The number of rotatable bonds is 31. The molecule has 408 valence electrons. The van der Waals surface area contributed by atoms with Crippen LogP contribution in [0.1, 0.15) is 114 Å². The van der Waals surface area contributed by atoms with Gasteiger partial charge in [-0.2, -0.15) is 4.98 Å². The average molecular weight is 1050 g/mol. The summed E-state index contributed by atoms with van der Waals surface area (Å²) in [6.45, 7) is 12.1. The first kappa shape index (κ1) is 57.0. The number of thiazole rings is 1. The summed E-state index contributed by atoms with van der Waals surface area (Å²) >= 11 is 1.58. The molecule has 75 heavy (non-hydrogen) atoms. The van der Waals surface area contributed by atoms with E-state index in [-0.39, 0.29) is 43.8 Å². The average Bonchev–Trinajstić information content (AvgIpc) is 4.01. The highest BCUT2D eigenvalue weighted by Crippen LogP contribution is 2.43. The third kappa shape index (κ3) is 17.7. The third-order valence-corrected chi connectivity index (χ3v) is 14.7. The van der Waals surface area contributed by atoms with Gasteiger partial charge in [-0.15, -0.1) is 11.3 Å². The van der Waals surface area contributed by atoms with Crippen LogP contribution in [0.3, 0.4) is 0 Å². The zero-order valence-electron chi connectivity index (χ0n) is 44.6. The molecule has 0 spiro atoms. The van der Waals surface area contributed by atoms with Crippen LogP contribution in [-0.2, 0) is 39.9 Å². The molecular weight excluding hydrogens is 975 g/mol. The van der Waals surface area contributed by atoms with Crippen LogP contribution in [-0.4, -0.2) is 145 Å². The van der Waals surface area contributed by atoms with E-state index in [0.717, 1.165) is 115 Å². The molecule has 3 fully saturated rings. The molecule has 2 saturated carbocycles. The zero-order valence-corrected chi connectivity index (χ0v) is 45.4. The summed E-state index contributed by atoms with van der Waals surface area (Å²) in [5.41, 5.74) is 6.04. The SMILES string of the molecule is Cc1ncsc1-c1ccc(CNC(=O)[C@@H]2C[C@@H](O)CN2C(=O)C(NC(=O)COCCCOCCCCOCCCOc2cccc(Nc3ncc(C4CC4)c(NCCCN(C)C(=O)C4CCC4)n3)c2)C(C)(C)C)cc1. The van der Waals surface area contributed by atoms with E-state index in [2.05, 4.69) is 31.2 Å². The predicted molar refractivity (Wildman–Crippen MR) is 290 cm³/mol. The molecule has 0 bridgehead atoms. The molecule has 1 saturated heterocycles. The number of aliphatic hydroxyl groups excluding tert-OH is 1. The molecular formula is C56H79N9O9S. The van der Waals surface area contributed by atoms with Gasteiger partial charge in [0.05, 0.1) is 28.8 Å². The maximum atomic E-state index is 14.0. The van der Waals surface area contributed by atoms with Gasteiger partial charge in [0.15, 0.2) is 0 Å². The minimum absolute atomic E-state index is 0.00250. The second-order valence-electron chi connectivity index (χ2n) is 21.1. The lowest BCUT2D eigenvalue weighted by Crippen LogP contribution is -2.58. The lowest BCUT2D eigenvalue weighted by Gasteiger charge is -2.35. The first-order valence-electron chi connectivity index (χ1n) is 26.9. The normalized spacial score (nSPS) is 17.0. The van der Waals surface area contributed by atoms with Crippen molar-refractivity contribution in [3.8, 4) is 16.2 Å². The van der Waals surface area contributed by atoms with Crippen LogP contribution in [0.5, 0.6) is 5.75 Å². The largest absolute Gasteiger partial charge is 0.493 e. The van der Waals surface area contributed by atoms with Gasteiger partial charge >= 0.3 is 0 Å². The summed E-state index contributed by atoms with van der Waals surface area (Å²) in [4.78, 5) is 71.1. The fourth-order valence-electron chi connectivity index (χ4n) is 9.05. The number of aryl methyl sites for hydroxylation is 1. The second kappa shape index (κ2) is 28.4. The smallest absolute Gasteiger partial charge is 0.246 e. The number of aliphatic hydroxyl groups is 1. The van der Waals surface area contributed by atoms with E-state index < -0.39 is 35.4 Å². The first-order chi connectivity index (χ1) is 36.2. The van der Waals surface area contributed by atoms with Crippen LogP contribution in [0.15, 0.2) is 60.2 Å². The molecule has 2 aromatic carbocycles. The highest BCUT2D eigenvalue weighted by molar-refractivity contribution is 7.13. The van der Waals surface area contributed by atoms with Gasteiger partial charge in [-0.25, -0.2) is 9.97 Å². The Hall–Kier alpha value is -5.73. The number of nitrogens with zero attached hydrogens (tertiary/aromatic N) is 5. The van der Waals surface area contributed by atoms with Crippen molar-refractivity contribution in [1.29, 1.82) is 0 Å². The number of β-amino-alcohol motifs (C(OH)–C–C–N with tert-alkyl or cyclic N) is 1. The van der Waals surface area contributed by atoms with Gasteiger partial charge in [-0.05, 0) is 92.9 Å². The van der Waals surface area contributed by atoms with Crippen LogP contribution in [0.2, 0.25) is 0 Å². The van der Waals surface area contributed by atoms with Crippen LogP contribution in [0.25, 0.3) is 10.4 Å². The number of benzene rings is 2. The number of hydrogen-bond acceptors (Lipinski definition) is 15. The molecule has 4 aromatic rings. The molecule has 1 aliphatic heterocycles. The molecule has 3 heterocycles. The molecule has 3 aliphatic rings. The summed E-state index contributed by atoms with van der Waals surface area (Å²) in [7, 11) is 1.91. The number of ether oxygens (including phenoxy) is 4. The molecule has 0 radical (unpaired) electrons. The number of anilines is 3. The summed E-state index contributed by atoms with van der Waals surface area (Å²) in [6.07, 6.45) is 10.6. The maximum Gasteiger partial charge on any atom is 0.246 e. The summed E-state index contributed by atoms with van der Waals surface area (Å²) < 4.78 is 23.2. The Bertz CT molecular complexity index is 2460. The van der Waals surface area contributed by atoms with E-state index in [1.54, 1.807) is 11.3 Å². The highest BCUT2D eigenvalue weighted by atomic mass is 32.1. The van der Waals surface area contributed by atoms with Gasteiger partial charge in [0.1, 0.15) is 30.3 Å². The fraction of sp³-hybridized carbons (Fsp3) is 0.589. The number of nitrogens with one attached hydrogen (secondary N) is 4. The number of aromatic nitrogens is 3. The van der Waals surface area contributed by atoms with Crippen molar-refractivity contribution in [2.45, 2.75) is 129 Å². The third-order valence-electron chi connectivity index (χ3n) is 13.8. The van der Waals surface area contributed by atoms with Crippen LogP contribution < -0.4 is 26.0 Å². The van der Waals surface area contributed by atoms with E-state index in [4.69, 9.17) is 23.9 Å². The van der Waals surface area contributed by atoms with Gasteiger partial charge in [0, 0.05) is 109 Å². The van der Waals surface area contributed by atoms with E-state index in [1.165, 1.54) is 4.90 Å². The number of unbranched alkanes of at least 4 members (excludes halogenated alkanes) is 1. The summed E-state index contributed by atoms with van der Waals surface area (Å²) in [5, 5.41) is 23.2. The van der Waals surface area contributed by atoms with Gasteiger partial charge in [0.25, 0.3) is 0 Å². The monoisotopic (exact) mass is 1050 g/mol. The topological polar surface area (TPSA) is 219 Å². The van der Waals surface area contributed by atoms with Gasteiger partial charge in [-0.3, -0.25) is 19.2 Å². The van der Waals surface area contributed by atoms with Crippen molar-refractivity contribution in [3.05, 3.63) is 77.1 Å². The van der Waals surface area contributed by atoms with Crippen molar-refractivity contribution in [2.24, 2.45) is 11.3 Å². The van der Waals surface area contributed by atoms with E-state index in [0.29, 0.717) is 57.9 Å². The van der Waals surface area contributed by atoms with Crippen molar-refractivity contribution in [3.63, 3.8) is 0 Å². The second-order valence-corrected chi connectivity index (χ2v) is 21.9. The standard InChI is InChI=1S/C56H79N9O9S/c1-38-49(75-37-60-38)41-19-17-39(18-20-41)33-58-52(68)47-32-44(66)35-65(47)54(70)50(56(2,3)4)62-48(67)36-73-29-11-27-71-25-6-7-26-72-28-12-30-74-45-16-9-15-43(31-45)61-55-59-34-46(40-21-22-40)51(63-55)57-23-10-24-64(5)53(69)42-13-8-14-42/h9,15-20,31,34,37,40,42,44,47,50,66H,6-8,10-14,21-30,32-33,35-36H2,1-5H3,(H,58,68)(H,62,67)(H2,57,59,61,63)/t44-,47+,50?/m1/s1. The molecule has 7 rings (SSSR count). The summed E-state index contributed by atoms with van der Waals surface area (Å²) in [6, 6.07) is 13.8. The number of hydrogen-bond donors (Lipinski definition) is 5. The van der Waals surface area contributed by atoms with E-state index in [9.17, 15) is 24.3 Å². The molecule has 2 aromatic heterocycles. The number of carbonyl (C=O) groups is 4. The Morgan fingerprint density at radius 1 is 0.893 bits per heavy atom. The quantitative estimate of drug-likeness (QED) is 0.0311. The maximum absolute atomic E-state index is 14.0. The van der Waals surface area contributed by atoms with E-state index in [1.807, 2.05) is 99.9 Å². The van der Waals surface area contributed by atoms with E-state index >= 15 is 0 Å². The Morgan fingerprint density at radius 2 is 1.61 bits per heavy atom. The minimum Gasteiger partial charge on any atom is -0.493 e. The minimum atomic E-state index is -0.940. The Balaban J connectivity index is 0.703. The van der Waals surface area contributed by atoms with Gasteiger partial charge in [-0.1, -0.05) is 57.5 Å². The molecule has 19 heteroatoms. The van der Waals surface area contributed by atoms with Gasteiger partial charge < -0.3 is 55.1 Å². The molecule has 3 atom stereocenters. The Kier molecular flexibility index (Phi) is 21.6. The predicted octanol–water partition coefficient (Wildman–Crippen LogP) is 7.39. The van der Waals surface area contributed by atoms with Crippen molar-refractivity contribution < 1.29 is 43.2 Å². The molecule has 18 nitrogen and oxygen atoms in total. The zero-order chi connectivity index (χ0) is 53.2. The van der Waals surface area contributed by atoms with Crippen molar-refractivity contribution in [1.82, 2.24) is 35.4 Å². The fourth-order valence-corrected chi connectivity index (χ4v) is 9.86. The number of amides is 4. The lowest BCUT2D eigenvalue weighted by atomic mass is 9.84. The first-order valence-corrected chi connectivity index (χ1v) is 27.8. The van der Waals surface area contributed by atoms with Crippen molar-refractivity contribution >= 4 is 52.4 Å². The molecule has 4 amide bonds. The molecule has 2 aliphatic carbocycles. The number of carbonyl (C=O) groups excluding carboxylic acids is 4. The van der Waals surface area contributed by atoms with Crippen molar-refractivity contribution in [2.75, 3.05) is 83.6 Å². The summed E-state index contributed by atoms with van der Waals surface area (Å²) in [5.74, 6) is 1.88. The van der Waals surface area contributed by atoms with Crippen LogP contribution in [0, 0.1) is 18.3 Å². The van der Waals surface area contributed by atoms with Crippen LogP contribution >= 0.6 is 11.3 Å².